The molecule has 4 N–H and O–H groups in total. The van der Waals surface area contributed by atoms with Gasteiger partial charge in [0.15, 0.2) is 0 Å². The van der Waals surface area contributed by atoms with E-state index in [1.807, 2.05) is 4.72 Å². The molecule has 0 saturated heterocycles. The maximum absolute atomic E-state index is 12.1. The molecule has 8 nitrogen and oxygen atoms in total. The third-order valence-corrected chi connectivity index (χ3v) is 4.22. The third kappa shape index (κ3) is 4.00. The van der Waals surface area contributed by atoms with E-state index in [9.17, 15) is 18.0 Å². The number of carbonyl (C=O) groups is 2. The molecule has 1 aromatic rings. The van der Waals surface area contributed by atoms with Crippen LogP contribution in [0, 0.1) is 6.92 Å². The molecule has 0 fully saturated rings. The quantitative estimate of drug-likeness (QED) is 0.570. The van der Waals surface area contributed by atoms with Gasteiger partial charge in [0.1, 0.15) is 6.04 Å². The largest absolute Gasteiger partial charge is 0.468 e. The van der Waals surface area contributed by atoms with Gasteiger partial charge in [0.05, 0.1) is 18.6 Å². The summed E-state index contributed by atoms with van der Waals surface area (Å²) in [5.41, 5.74) is 5.73. The number of aliphatic hydroxyl groups excluding tert-OH is 1. The lowest BCUT2D eigenvalue weighted by Gasteiger charge is -2.14. The predicted octanol–water partition coefficient (Wildman–Crippen LogP) is -1.09. The van der Waals surface area contributed by atoms with Crippen molar-refractivity contribution in [2.75, 3.05) is 13.7 Å². The van der Waals surface area contributed by atoms with Crippen molar-refractivity contribution in [1.82, 2.24) is 4.72 Å². The number of hydrogen-bond acceptors (Lipinski definition) is 6. The Morgan fingerprint density at radius 2 is 2.05 bits per heavy atom. The smallest absolute Gasteiger partial charge is 0.326 e. The Morgan fingerprint density at radius 3 is 2.52 bits per heavy atom. The normalized spacial score (nSPS) is 12.7. The predicted molar refractivity (Wildman–Crippen MR) is 72.9 cm³/mol. The summed E-state index contributed by atoms with van der Waals surface area (Å²) in [6.07, 6.45) is 0. The number of aliphatic hydroxyl groups is 1. The highest BCUT2D eigenvalue weighted by Gasteiger charge is 2.26. The molecule has 0 bridgehead atoms. The first-order valence-corrected chi connectivity index (χ1v) is 7.32. The van der Waals surface area contributed by atoms with E-state index in [0.717, 1.165) is 13.2 Å². The fraction of sp³-hybridized carbons (Fsp3) is 0.333. The number of rotatable bonds is 6. The van der Waals surface area contributed by atoms with Crippen molar-refractivity contribution < 1.29 is 27.9 Å². The van der Waals surface area contributed by atoms with E-state index in [-0.39, 0.29) is 10.5 Å². The molecule has 0 spiro atoms. The molecule has 1 rings (SSSR count). The summed E-state index contributed by atoms with van der Waals surface area (Å²) >= 11 is 0. The lowest BCUT2D eigenvalue weighted by Crippen LogP contribution is -2.44. The Hall–Kier alpha value is -1.97. The summed E-state index contributed by atoms with van der Waals surface area (Å²) in [6.45, 7) is 0.843. The molecule has 0 aliphatic carbocycles. The molecular formula is C12H16N2O6S. The number of benzene rings is 1. The number of aryl methyl sites for hydroxylation is 1. The van der Waals surface area contributed by atoms with Gasteiger partial charge in [-0.05, 0) is 24.6 Å². The minimum atomic E-state index is -4.12. The highest BCUT2D eigenvalue weighted by molar-refractivity contribution is 7.89. The summed E-state index contributed by atoms with van der Waals surface area (Å²) < 4.78 is 30.6. The maximum Gasteiger partial charge on any atom is 0.326 e. The monoisotopic (exact) mass is 316 g/mol. The number of nitrogens with two attached hydrogens (primary N) is 1. The zero-order chi connectivity index (χ0) is 16.2. The molecule has 1 atom stereocenters. The van der Waals surface area contributed by atoms with Crippen molar-refractivity contribution >= 4 is 21.9 Å². The fourth-order valence-corrected chi connectivity index (χ4v) is 2.79. The minimum absolute atomic E-state index is 0.0523. The van der Waals surface area contributed by atoms with Crippen molar-refractivity contribution in [3.05, 3.63) is 29.3 Å². The number of amides is 1. The van der Waals surface area contributed by atoms with Crippen LogP contribution < -0.4 is 10.5 Å². The second-order valence-corrected chi connectivity index (χ2v) is 5.93. The number of primary amides is 1. The summed E-state index contributed by atoms with van der Waals surface area (Å²) in [5, 5.41) is 9.02. The van der Waals surface area contributed by atoms with Gasteiger partial charge in [0.25, 0.3) is 0 Å². The van der Waals surface area contributed by atoms with Crippen molar-refractivity contribution in [3.63, 3.8) is 0 Å². The Balaban J connectivity index is 3.16. The van der Waals surface area contributed by atoms with E-state index in [0.29, 0.717) is 5.56 Å². The average Bonchev–Trinajstić information content (AvgIpc) is 2.43. The van der Waals surface area contributed by atoms with Crippen LogP contribution in [-0.4, -0.2) is 45.2 Å². The van der Waals surface area contributed by atoms with Gasteiger partial charge >= 0.3 is 5.97 Å². The third-order valence-electron chi connectivity index (χ3n) is 2.75. The second kappa shape index (κ2) is 6.66. The number of sulfonamides is 1. The van der Waals surface area contributed by atoms with Gasteiger partial charge in [0.2, 0.25) is 15.9 Å². The summed E-state index contributed by atoms with van der Waals surface area (Å²) in [4.78, 5) is 22.3. The average molecular weight is 316 g/mol. The van der Waals surface area contributed by atoms with Crippen LogP contribution >= 0.6 is 0 Å². The molecule has 0 aromatic heterocycles. The fourth-order valence-electron chi connectivity index (χ4n) is 1.59. The molecule has 1 aromatic carbocycles. The van der Waals surface area contributed by atoms with E-state index in [2.05, 4.69) is 4.74 Å². The maximum atomic E-state index is 12.1. The van der Waals surface area contributed by atoms with Crippen LogP contribution in [0.15, 0.2) is 23.1 Å². The van der Waals surface area contributed by atoms with Crippen LogP contribution in [0.2, 0.25) is 0 Å². The number of esters is 1. The van der Waals surface area contributed by atoms with Gasteiger partial charge in [-0.1, -0.05) is 6.07 Å². The minimum Gasteiger partial charge on any atom is -0.468 e. The Bertz CT molecular complexity index is 656. The number of ether oxygens (including phenoxy) is 1. The molecule has 21 heavy (non-hydrogen) atoms. The van der Waals surface area contributed by atoms with Gasteiger partial charge in [-0.25, -0.2) is 8.42 Å². The molecule has 0 saturated carbocycles. The lowest BCUT2D eigenvalue weighted by atomic mass is 10.1. The van der Waals surface area contributed by atoms with Gasteiger partial charge in [-0.2, -0.15) is 4.72 Å². The van der Waals surface area contributed by atoms with Crippen molar-refractivity contribution in [2.45, 2.75) is 17.9 Å². The van der Waals surface area contributed by atoms with Crippen LogP contribution in [0.3, 0.4) is 0 Å². The number of hydrogen-bond donors (Lipinski definition) is 3. The molecular weight excluding hydrogens is 300 g/mol. The van der Waals surface area contributed by atoms with Gasteiger partial charge in [-0.15, -0.1) is 0 Å². The summed E-state index contributed by atoms with van der Waals surface area (Å²) in [6, 6.07) is 2.35. The van der Waals surface area contributed by atoms with Gasteiger partial charge in [-0.3, -0.25) is 9.59 Å². The molecule has 116 valence electrons. The van der Waals surface area contributed by atoms with E-state index in [1.54, 1.807) is 6.92 Å². The number of nitrogens with one attached hydrogen (secondary N) is 1. The summed E-state index contributed by atoms with van der Waals surface area (Å²) in [5.74, 6) is -1.69. The molecule has 0 heterocycles. The van der Waals surface area contributed by atoms with Crippen molar-refractivity contribution in [2.24, 2.45) is 5.73 Å². The first kappa shape index (κ1) is 17.1. The molecule has 9 heteroatoms. The molecule has 0 aliphatic rings. The first-order chi connectivity index (χ1) is 9.72. The lowest BCUT2D eigenvalue weighted by molar-refractivity contribution is -0.143. The highest BCUT2D eigenvalue weighted by Crippen LogP contribution is 2.15. The van der Waals surface area contributed by atoms with Crippen LogP contribution in [-0.2, 0) is 19.6 Å². The van der Waals surface area contributed by atoms with E-state index in [1.165, 1.54) is 12.1 Å². The van der Waals surface area contributed by atoms with E-state index < -0.39 is 34.5 Å². The second-order valence-electron chi connectivity index (χ2n) is 4.22. The Kier molecular flexibility index (Phi) is 5.41. The van der Waals surface area contributed by atoms with Crippen LogP contribution in [0.5, 0.6) is 0 Å². The van der Waals surface area contributed by atoms with Gasteiger partial charge < -0.3 is 15.6 Å². The zero-order valence-corrected chi connectivity index (χ0v) is 12.3. The number of methoxy groups -OCH3 is 1. The standard InChI is InChI=1S/C12H16N2O6S/c1-7-3-4-8(5-9(7)11(13)16)21(18,19)14-10(6-15)12(17)20-2/h3-5,10,14-15H,6H2,1-2H3,(H2,13,16). The Morgan fingerprint density at radius 1 is 1.43 bits per heavy atom. The topological polar surface area (TPSA) is 136 Å². The SMILES string of the molecule is COC(=O)C(CO)NS(=O)(=O)c1ccc(C)c(C(N)=O)c1. The van der Waals surface area contributed by atoms with Crippen LogP contribution in [0.1, 0.15) is 15.9 Å². The molecule has 0 aliphatic heterocycles. The van der Waals surface area contributed by atoms with Crippen LogP contribution in [0.4, 0.5) is 0 Å². The van der Waals surface area contributed by atoms with Crippen molar-refractivity contribution in [3.8, 4) is 0 Å². The zero-order valence-electron chi connectivity index (χ0n) is 11.5. The Labute approximate surface area is 122 Å². The highest BCUT2D eigenvalue weighted by atomic mass is 32.2. The van der Waals surface area contributed by atoms with Crippen LogP contribution in [0.25, 0.3) is 0 Å². The molecule has 1 amide bonds. The van der Waals surface area contributed by atoms with E-state index >= 15 is 0 Å². The van der Waals surface area contributed by atoms with Crippen molar-refractivity contribution in [1.29, 1.82) is 0 Å². The molecule has 0 radical (unpaired) electrons. The first-order valence-electron chi connectivity index (χ1n) is 5.84. The number of carbonyl (C=O) groups excluding carboxylic acids is 2. The summed E-state index contributed by atoms with van der Waals surface area (Å²) in [7, 11) is -3.05. The molecule has 1 unspecified atom stereocenters. The van der Waals surface area contributed by atoms with Gasteiger partial charge in [0, 0.05) is 5.56 Å². The van der Waals surface area contributed by atoms with E-state index in [4.69, 9.17) is 10.8 Å².